The molecule has 0 saturated carbocycles. The maximum absolute atomic E-state index is 12.7. The van der Waals surface area contributed by atoms with E-state index in [-0.39, 0.29) is 33.8 Å². The second kappa shape index (κ2) is 8.62. The van der Waals surface area contributed by atoms with Gasteiger partial charge < -0.3 is 15.2 Å². The van der Waals surface area contributed by atoms with Gasteiger partial charge in [-0.2, -0.15) is 4.98 Å². The van der Waals surface area contributed by atoms with Crippen LogP contribution in [0.15, 0.2) is 64.5 Å². The Hall–Kier alpha value is -3.26. The molecule has 1 aromatic heterocycles. The molecular formula is C20H19N3O4S. The number of aromatic hydroxyl groups is 1. The van der Waals surface area contributed by atoms with Gasteiger partial charge in [0.1, 0.15) is 5.75 Å². The van der Waals surface area contributed by atoms with E-state index in [1.165, 1.54) is 11.5 Å². The number of methoxy groups -OCH3 is 1. The fourth-order valence-electron chi connectivity index (χ4n) is 2.50. The average Bonchev–Trinajstić information content (AvgIpc) is 2.71. The van der Waals surface area contributed by atoms with E-state index in [1.54, 1.807) is 55.6 Å². The van der Waals surface area contributed by atoms with Crippen molar-refractivity contribution in [2.24, 2.45) is 0 Å². The predicted octanol–water partition coefficient (Wildman–Crippen LogP) is 2.99. The highest BCUT2D eigenvalue weighted by molar-refractivity contribution is 7.99. The van der Waals surface area contributed by atoms with Crippen LogP contribution in [0.5, 0.6) is 11.6 Å². The van der Waals surface area contributed by atoms with Crippen LogP contribution in [0.1, 0.15) is 5.56 Å². The lowest BCUT2D eigenvalue weighted by Gasteiger charge is -2.13. The Morgan fingerprint density at radius 1 is 1.21 bits per heavy atom. The molecule has 1 heterocycles. The largest absolute Gasteiger partial charge is 0.497 e. The molecule has 0 aliphatic carbocycles. The van der Waals surface area contributed by atoms with Crippen LogP contribution in [0.4, 0.5) is 5.69 Å². The van der Waals surface area contributed by atoms with Crippen molar-refractivity contribution in [3.8, 4) is 17.3 Å². The van der Waals surface area contributed by atoms with Crippen molar-refractivity contribution < 1.29 is 14.6 Å². The van der Waals surface area contributed by atoms with E-state index < -0.39 is 0 Å². The number of anilines is 1. The minimum absolute atomic E-state index is 0.0129. The molecule has 144 valence electrons. The first-order valence-corrected chi connectivity index (χ1v) is 9.43. The molecule has 0 spiro atoms. The lowest BCUT2D eigenvalue weighted by Crippen LogP contribution is -2.24. The summed E-state index contributed by atoms with van der Waals surface area (Å²) in [4.78, 5) is 29.1. The Labute approximate surface area is 166 Å². The maximum Gasteiger partial charge on any atom is 0.265 e. The van der Waals surface area contributed by atoms with Gasteiger partial charge in [-0.1, -0.05) is 36.0 Å². The number of rotatable bonds is 6. The molecule has 2 aromatic carbocycles. The van der Waals surface area contributed by atoms with Crippen molar-refractivity contribution in [2.45, 2.75) is 12.1 Å². The van der Waals surface area contributed by atoms with E-state index in [0.29, 0.717) is 17.1 Å². The minimum Gasteiger partial charge on any atom is -0.497 e. The van der Waals surface area contributed by atoms with E-state index in [4.69, 9.17) is 4.74 Å². The third-order valence-electron chi connectivity index (χ3n) is 3.95. The van der Waals surface area contributed by atoms with Crippen LogP contribution in [-0.4, -0.2) is 33.4 Å². The minimum atomic E-state index is -0.380. The zero-order valence-electron chi connectivity index (χ0n) is 15.4. The summed E-state index contributed by atoms with van der Waals surface area (Å²) in [5.74, 6) is 0.0347. The van der Waals surface area contributed by atoms with Gasteiger partial charge in [-0.25, -0.2) is 0 Å². The number of aromatic nitrogens is 2. The number of benzene rings is 2. The number of nitrogens with zero attached hydrogens (tertiary/aromatic N) is 2. The summed E-state index contributed by atoms with van der Waals surface area (Å²) in [6, 6.07) is 16.0. The predicted molar refractivity (Wildman–Crippen MR) is 109 cm³/mol. The fraction of sp³-hybridized carbons (Fsp3) is 0.150. The van der Waals surface area contributed by atoms with E-state index in [1.807, 2.05) is 6.07 Å². The molecule has 28 heavy (non-hydrogen) atoms. The summed E-state index contributed by atoms with van der Waals surface area (Å²) in [5.41, 5.74) is 0.979. The first-order valence-electron chi connectivity index (χ1n) is 8.44. The molecule has 3 aromatic rings. The summed E-state index contributed by atoms with van der Waals surface area (Å²) in [5, 5.41) is 13.0. The topological polar surface area (TPSA) is 93.5 Å². The average molecular weight is 397 g/mol. The standard InChI is InChI=1S/C20H19N3O4S/c1-13-18(25)22-20(23(19(13)26)15-8-4-3-5-9-15)28-12-17(24)21-14-7-6-10-16(11-14)27-2/h3-11,25H,12H2,1-2H3,(H,21,24). The molecule has 7 nitrogen and oxygen atoms in total. The van der Waals surface area contributed by atoms with Gasteiger partial charge in [0.2, 0.25) is 11.8 Å². The van der Waals surface area contributed by atoms with Crippen LogP contribution in [0, 0.1) is 6.92 Å². The van der Waals surface area contributed by atoms with E-state index in [0.717, 1.165) is 11.8 Å². The summed E-state index contributed by atoms with van der Waals surface area (Å²) >= 11 is 1.06. The van der Waals surface area contributed by atoms with Crippen LogP contribution in [0.3, 0.4) is 0 Å². The monoisotopic (exact) mass is 397 g/mol. The molecule has 0 aliphatic heterocycles. The Bertz CT molecular complexity index is 1050. The van der Waals surface area contributed by atoms with Crippen LogP contribution in [0.2, 0.25) is 0 Å². The molecule has 8 heteroatoms. The fourth-order valence-corrected chi connectivity index (χ4v) is 3.31. The zero-order chi connectivity index (χ0) is 20.1. The van der Waals surface area contributed by atoms with E-state index in [2.05, 4.69) is 10.3 Å². The maximum atomic E-state index is 12.7. The summed E-state index contributed by atoms with van der Waals surface area (Å²) < 4.78 is 6.52. The van der Waals surface area contributed by atoms with Crippen molar-refractivity contribution in [3.05, 3.63) is 70.5 Å². The molecule has 0 radical (unpaired) electrons. The van der Waals surface area contributed by atoms with Crippen molar-refractivity contribution in [1.82, 2.24) is 9.55 Å². The van der Waals surface area contributed by atoms with Gasteiger partial charge in [0.15, 0.2) is 5.16 Å². The van der Waals surface area contributed by atoms with Gasteiger partial charge >= 0.3 is 0 Å². The molecule has 0 atom stereocenters. The van der Waals surface area contributed by atoms with Crippen LogP contribution < -0.4 is 15.6 Å². The molecule has 0 unspecified atom stereocenters. The smallest absolute Gasteiger partial charge is 0.265 e. The van der Waals surface area contributed by atoms with Crippen molar-refractivity contribution >= 4 is 23.4 Å². The van der Waals surface area contributed by atoms with Crippen molar-refractivity contribution in [2.75, 3.05) is 18.2 Å². The van der Waals surface area contributed by atoms with Crippen LogP contribution >= 0.6 is 11.8 Å². The molecule has 0 bridgehead atoms. The second-order valence-electron chi connectivity index (χ2n) is 5.89. The lowest BCUT2D eigenvalue weighted by atomic mass is 10.3. The first kappa shape index (κ1) is 19.5. The lowest BCUT2D eigenvalue weighted by molar-refractivity contribution is -0.113. The zero-order valence-corrected chi connectivity index (χ0v) is 16.2. The third kappa shape index (κ3) is 4.34. The Balaban J connectivity index is 1.82. The van der Waals surface area contributed by atoms with Crippen LogP contribution in [0.25, 0.3) is 5.69 Å². The Morgan fingerprint density at radius 3 is 2.68 bits per heavy atom. The number of thioether (sulfide) groups is 1. The highest BCUT2D eigenvalue weighted by Gasteiger charge is 2.16. The van der Waals surface area contributed by atoms with Crippen LogP contribution in [-0.2, 0) is 4.79 Å². The third-order valence-corrected chi connectivity index (χ3v) is 4.89. The van der Waals surface area contributed by atoms with Crippen molar-refractivity contribution in [3.63, 3.8) is 0 Å². The van der Waals surface area contributed by atoms with Gasteiger partial charge in [0.05, 0.1) is 24.1 Å². The number of hydrogen-bond acceptors (Lipinski definition) is 6. The number of carbonyl (C=O) groups excluding carboxylic acids is 1. The van der Waals surface area contributed by atoms with E-state index in [9.17, 15) is 14.7 Å². The van der Waals surface area contributed by atoms with Gasteiger partial charge in [-0.05, 0) is 31.2 Å². The first-order chi connectivity index (χ1) is 13.5. The Morgan fingerprint density at radius 2 is 1.96 bits per heavy atom. The normalized spacial score (nSPS) is 10.5. The summed E-state index contributed by atoms with van der Waals surface area (Å²) in [6.07, 6.45) is 0. The van der Waals surface area contributed by atoms with Gasteiger partial charge in [0, 0.05) is 11.8 Å². The molecular weight excluding hydrogens is 378 g/mol. The number of nitrogens with one attached hydrogen (secondary N) is 1. The summed E-state index contributed by atoms with van der Waals surface area (Å²) in [6.45, 7) is 1.51. The van der Waals surface area contributed by atoms with Gasteiger partial charge in [-0.3, -0.25) is 14.2 Å². The highest BCUT2D eigenvalue weighted by atomic mass is 32.2. The Kier molecular flexibility index (Phi) is 6.00. The number of para-hydroxylation sites is 1. The molecule has 0 saturated heterocycles. The molecule has 1 amide bonds. The number of hydrogen-bond donors (Lipinski definition) is 2. The number of amides is 1. The SMILES string of the molecule is COc1cccc(NC(=O)CSc2nc(O)c(C)c(=O)n2-c2ccccc2)c1. The van der Waals surface area contributed by atoms with Crippen molar-refractivity contribution in [1.29, 1.82) is 0 Å². The second-order valence-corrected chi connectivity index (χ2v) is 6.83. The molecule has 3 rings (SSSR count). The molecule has 0 fully saturated rings. The highest BCUT2D eigenvalue weighted by Crippen LogP contribution is 2.23. The molecule has 2 N–H and O–H groups in total. The summed E-state index contributed by atoms with van der Waals surface area (Å²) in [7, 11) is 1.55. The van der Waals surface area contributed by atoms with E-state index >= 15 is 0 Å². The van der Waals surface area contributed by atoms with Gasteiger partial charge in [-0.15, -0.1) is 0 Å². The number of carbonyl (C=O) groups is 1. The quantitative estimate of drug-likeness (QED) is 0.491. The van der Waals surface area contributed by atoms with Gasteiger partial charge in [0.25, 0.3) is 5.56 Å². The number of ether oxygens (including phenoxy) is 1. The molecule has 0 aliphatic rings.